The topological polar surface area (TPSA) is 67.9 Å². The highest BCUT2D eigenvalue weighted by Crippen LogP contribution is 2.29. The predicted octanol–water partition coefficient (Wildman–Crippen LogP) is 4.67. The number of hydrogen-bond donors (Lipinski definition) is 0. The summed E-state index contributed by atoms with van der Waals surface area (Å²) in [7, 11) is 0. The summed E-state index contributed by atoms with van der Waals surface area (Å²) in [6.07, 6.45) is 0.771. The SMILES string of the molecule is CCOCCCn1c(SCc2ccc(C#N)cc2)nc2sc(C)c(C)c2c1=O. The molecule has 3 aromatic rings. The van der Waals surface area contributed by atoms with Gasteiger partial charge in [-0.2, -0.15) is 5.26 Å². The highest BCUT2D eigenvalue weighted by molar-refractivity contribution is 7.98. The smallest absolute Gasteiger partial charge is 0.263 e. The lowest BCUT2D eigenvalue weighted by Gasteiger charge is -2.12. The number of hydrogen-bond acceptors (Lipinski definition) is 6. The average molecular weight is 414 g/mol. The second-order valence-corrected chi connectivity index (χ2v) is 8.61. The van der Waals surface area contributed by atoms with Gasteiger partial charge in [-0.05, 0) is 50.5 Å². The third-order valence-electron chi connectivity index (χ3n) is 4.58. The maximum atomic E-state index is 13.2. The highest BCUT2D eigenvalue weighted by Gasteiger charge is 2.16. The van der Waals surface area contributed by atoms with E-state index in [1.54, 1.807) is 27.7 Å². The minimum atomic E-state index is 0.0330. The van der Waals surface area contributed by atoms with Gasteiger partial charge < -0.3 is 4.74 Å². The molecule has 28 heavy (non-hydrogen) atoms. The van der Waals surface area contributed by atoms with Crippen LogP contribution in [-0.2, 0) is 17.0 Å². The van der Waals surface area contributed by atoms with Crippen molar-refractivity contribution in [3.05, 3.63) is 56.2 Å². The normalized spacial score (nSPS) is 11.1. The van der Waals surface area contributed by atoms with E-state index in [2.05, 4.69) is 6.07 Å². The Morgan fingerprint density at radius 1 is 1.29 bits per heavy atom. The van der Waals surface area contributed by atoms with Gasteiger partial charge in [0.15, 0.2) is 5.16 Å². The summed E-state index contributed by atoms with van der Waals surface area (Å²) in [4.78, 5) is 19.9. The van der Waals surface area contributed by atoms with Crippen LogP contribution in [0.25, 0.3) is 10.2 Å². The second kappa shape index (κ2) is 9.37. The van der Waals surface area contributed by atoms with E-state index in [4.69, 9.17) is 15.0 Å². The number of rotatable bonds is 8. The molecule has 0 aliphatic carbocycles. The van der Waals surface area contributed by atoms with Crippen LogP contribution in [0.2, 0.25) is 0 Å². The lowest BCUT2D eigenvalue weighted by atomic mass is 10.2. The van der Waals surface area contributed by atoms with E-state index in [9.17, 15) is 4.79 Å². The van der Waals surface area contributed by atoms with Crippen LogP contribution < -0.4 is 5.56 Å². The molecule has 0 unspecified atom stereocenters. The van der Waals surface area contributed by atoms with Gasteiger partial charge in [0.25, 0.3) is 5.56 Å². The van der Waals surface area contributed by atoms with E-state index in [0.29, 0.717) is 31.1 Å². The predicted molar refractivity (Wildman–Crippen MR) is 115 cm³/mol. The molecule has 0 radical (unpaired) electrons. The maximum absolute atomic E-state index is 13.2. The van der Waals surface area contributed by atoms with Gasteiger partial charge in [0, 0.05) is 30.4 Å². The number of aryl methyl sites for hydroxylation is 2. The maximum Gasteiger partial charge on any atom is 0.263 e. The molecule has 2 aromatic heterocycles. The van der Waals surface area contributed by atoms with Crippen molar-refractivity contribution in [2.24, 2.45) is 0 Å². The number of nitrogens with zero attached hydrogens (tertiary/aromatic N) is 3. The fourth-order valence-electron chi connectivity index (χ4n) is 2.91. The molecule has 0 spiro atoms. The van der Waals surface area contributed by atoms with Crippen molar-refractivity contribution in [1.82, 2.24) is 9.55 Å². The molecule has 7 heteroatoms. The zero-order valence-corrected chi connectivity index (χ0v) is 18.0. The summed E-state index contributed by atoms with van der Waals surface area (Å²) in [5, 5.41) is 10.4. The monoisotopic (exact) mass is 413 g/mol. The molecule has 3 rings (SSSR count). The molecule has 0 saturated heterocycles. The van der Waals surface area contributed by atoms with Gasteiger partial charge in [0.2, 0.25) is 0 Å². The summed E-state index contributed by atoms with van der Waals surface area (Å²) in [5.41, 5.74) is 2.80. The van der Waals surface area contributed by atoms with Gasteiger partial charge in [0.1, 0.15) is 4.83 Å². The van der Waals surface area contributed by atoms with Crippen LogP contribution in [0.1, 0.15) is 34.9 Å². The number of benzene rings is 1. The molecule has 0 fully saturated rings. The minimum absolute atomic E-state index is 0.0330. The van der Waals surface area contributed by atoms with Crippen LogP contribution in [0.3, 0.4) is 0 Å². The molecule has 0 saturated carbocycles. The van der Waals surface area contributed by atoms with Crippen molar-refractivity contribution in [1.29, 1.82) is 5.26 Å². The van der Waals surface area contributed by atoms with E-state index in [0.717, 1.165) is 37.8 Å². The zero-order chi connectivity index (χ0) is 20.1. The molecule has 146 valence electrons. The number of thioether (sulfide) groups is 1. The fraction of sp³-hybridized carbons (Fsp3) is 0.381. The Bertz CT molecular complexity index is 1060. The largest absolute Gasteiger partial charge is 0.382 e. The van der Waals surface area contributed by atoms with Gasteiger partial charge in [-0.25, -0.2) is 4.98 Å². The van der Waals surface area contributed by atoms with E-state index >= 15 is 0 Å². The molecule has 5 nitrogen and oxygen atoms in total. The number of ether oxygens (including phenoxy) is 1. The fourth-order valence-corrected chi connectivity index (χ4v) is 4.96. The third kappa shape index (κ3) is 4.46. The Morgan fingerprint density at radius 3 is 2.71 bits per heavy atom. The summed E-state index contributed by atoms with van der Waals surface area (Å²) < 4.78 is 7.22. The van der Waals surface area contributed by atoms with Crippen LogP contribution in [0, 0.1) is 25.2 Å². The summed E-state index contributed by atoms with van der Waals surface area (Å²) in [6, 6.07) is 9.65. The summed E-state index contributed by atoms with van der Waals surface area (Å²) in [6.45, 7) is 7.88. The highest BCUT2D eigenvalue weighted by atomic mass is 32.2. The van der Waals surface area contributed by atoms with Crippen molar-refractivity contribution >= 4 is 33.3 Å². The second-order valence-electron chi connectivity index (χ2n) is 6.46. The quantitative estimate of drug-likeness (QED) is 0.305. The number of aromatic nitrogens is 2. The van der Waals surface area contributed by atoms with E-state index in [-0.39, 0.29) is 5.56 Å². The van der Waals surface area contributed by atoms with Gasteiger partial charge >= 0.3 is 0 Å². The zero-order valence-electron chi connectivity index (χ0n) is 16.3. The van der Waals surface area contributed by atoms with E-state index in [1.807, 2.05) is 45.0 Å². The lowest BCUT2D eigenvalue weighted by molar-refractivity contribution is 0.140. The molecule has 0 amide bonds. The van der Waals surface area contributed by atoms with Crippen molar-refractivity contribution in [2.45, 2.75) is 44.6 Å². The van der Waals surface area contributed by atoms with Crippen molar-refractivity contribution in [2.75, 3.05) is 13.2 Å². The van der Waals surface area contributed by atoms with Gasteiger partial charge in [-0.15, -0.1) is 11.3 Å². The first-order valence-corrected chi connectivity index (χ1v) is 11.1. The van der Waals surface area contributed by atoms with Crippen molar-refractivity contribution in [3.63, 3.8) is 0 Å². The van der Waals surface area contributed by atoms with Crippen LogP contribution in [0.4, 0.5) is 0 Å². The molecular weight excluding hydrogens is 390 g/mol. The first-order valence-electron chi connectivity index (χ1n) is 9.25. The molecular formula is C21H23N3O2S2. The summed E-state index contributed by atoms with van der Waals surface area (Å²) in [5.74, 6) is 0.693. The Hall–Kier alpha value is -2.14. The molecule has 0 atom stereocenters. The Morgan fingerprint density at radius 2 is 2.04 bits per heavy atom. The third-order valence-corrected chi connectivity index (χ3v) is 6.73. The van der Waals surface area contributed by atoms with Gasteiger partial charge in [0.05, 0.1) is 17.0 Å². The Balaban J connectivity index is 1.91. The molecule has 0 N–H and O–H groups in total. The Kier molecular flexibility index (Phi) is 6.89. The van der Waals surface area contributed by atoms with Crippen LogP contribution in [0.5, 0.6) is 0 Å². The number of nitriles is 1. The molecule has 0 aliphatic rings. The molecule has 0 aliphatic heterocycles. The number of fused-ring (bicyclic) bond motifs is 1. The first-order chi connectivity index (χ1) is 13.5. The summed E-state index contributed by atoms with van der Waals surface area (Å²) >= 11 is 3.13. The number of thiophene rings is 1. The molecule has 2 heterocycles. The van der Waals surface area contributed by atoms with Gasteiger partial charge in [-0.1, -0.05) is 23.9 Å². The standard InChI is InChI=1S/C21H23N3O2S2/c1-4-26-11-5-10-24-20(25)18-14(2)15(3)28-19(18)23-21(24)27-13-17-8-6-16(12-22)7-9-17/h6-9H,4-5,10-11,13H2,1-3H3. The molecule has 1 aromatic carbocycles. The van der Waals surface area contributed by atoms with Crippen molar-refractivity contribution < 1.29 is 4.74 Å². The van der Waals surface area contributed by atoms with Gasteiger partial charge in [-0.3, -0.25) is 9.36 Å². The van der Waals surface area contributed by atoms with Crippen LogP contribution >= 0.6 is 23.1 Å². The first kappa shape index (κ1) is 20.6. The van der Waals surface area contributed by atoms with E-state index in [1.165, 1.54) is 0 Å². The average Bonchev–Trinajstić information content (AvgIpc) is 2.99. The lowest BCUT2D eigenvalue weighted by Crippen LogP contribution is -2.24. The minimum Gasteiger partial charge on any atom is -0.382 e. The van der Waals surface area contributed by atoms with Crippen LogP contribution in [0.15, 0.2) is 34.2 Å². The van der Waals surface area contributed by atoms with Crippen molar-refractivity contribution in [3.8, 4) is 6.07 Å². The Labute approximate surface area is 173 Å². The van der Waals surface area contributed by atoms with Crippen LogP contribution in [-0.4, -0.2) is 22.8 Å². The van der Waals surface area contributed by atoms with E-state index < -0.39 is 0 Å². The molecule has 0 bridgehead atoms.